The lowest BCUT2D eigenvalue weighted by atomic mass is 9.79. The number of amides is 1. The van der Waals surface area contributed by atoms with Gasteiger partial charge in [-0.3, -0.25) is 9.69 Å². The van der Waals surface area contributed by atoms with E-state index in [2.05, 4.69) is 22.1 Å². The van der Waals surface area contributed by atoms with Crippen molar-refractivity contribution in [3.05, 3.63) is 15.5 Å². The summed E-state index contributed by atoms with van der Waals surface area (Å²) in [4.78, 5) is 18.6. The van der Waals surface area contributed by atoms with Gasteiger partial charge in [-0.25, -0.2) is 4.98 Å². The predicted octanol–water partition coefficient (Wildman–Crippen LogP) is 2.01. The maximum absolute atomic E-state index is 12.1. The third-order valence-corrected chi connectivity index (χ3v) is 5.26. The summed E-state index contributed by atoms with van der Waals surface area (Å²) < 4.78 is 0.558. The zero-order valence-corrected chi connectivity index (χ0v) is 11.8. The first-order valence-electron chi connectivity index (χ1n) is 6.31. The second-order valence-electron chi connectivity index (χ2n) is 5.08. The first-order valence-corrected chi connectivity index (χ1v) is 7.51. The third-order valence-electron chi connectivity index (χ3n) is 4.15. The minimum atomic E-state index is -0.0856. The van der Waals surface area contributed by atoms with Gasteiger partial charge in [-0.2, -0.15) is 0 Å². The molecule has 4 nitrogen and oxygen atoms in total. The number of aromatic nitrogens is 1. The lowest BCUT2D eigenvalue weighted by Crippen LogP contribution is -2.62. The molecule has 3 saturated heterocycles. The van der Waals surface area contributed by atoms with E-state index in [0.29, 0.717) is 21.3 Å². The molecule has 18 heavy (non-hydrogen) atoms. The fourth-order valence-electron chi connectivity index (χ4n) is 3.12. The van der Waals surface area contributed by atoms with Crippen molar-refractivity contribution in [2.75, 3.05) is 13.1 Å². The average molecular weight is 286 g/mol. The summed E-state index contributed by atoms with van der Waals surface area (Å²) in [6, 6.07) is 0.680. The molecule has 0 aliphatic carbocycles. The second-order valence-corrected chi connectivity index (χ2v) is 6.74. The molecular formula is C12H16ClN3OS. The topological polar surface area (TPSA) is 45.2 Å². The second kappa shape index (κ2) is 4.79. The van der Waals surface area contributed by atoms with Crippen molar-refractivity contribution >= 4 is 28.8 Å². The Hall–Kier alpha value is -0.650. The van der Waals surface area contributed by atoms with E-state index in [9.17, 15) is 4.79 Å². The summed E-state index contributed by atoms with van der Waals surface area (Å²) in [5, 5.41) is 3.60. The van der Waals surface area contributed by atoms with E-state index in [4.69, 9.17) is 11.6 Å². The monoisotopic (exact) mass is 285 g/mol. The van der Waals surface area contributed by atoms with Crippen molar-refractivity contribution in [3.8, 4) is 0 Å². The van der Waals surface area contributed by atoms with Gasteiger partial charge in [0.15, 0.2) is 5.01 Å². The molecule has 4 heterocycles. The predicted molar refractivity (Wildman–Crippen MR) is 72.1 cm³/mol. The van der Waals surface area contributed by atoms with Crippen LogP contribution >= 0.6 is 22.9 Å². The lowest BCUT2D eigenvalue weighted by molar-refractivity contribution is 0.0217. The summed E-state index contributed by atoms with van der Waals surface area (Å²) in [6.07, 6.45) is 3.91. The van der Waals surface area contributed by atoms with Crippen molar-refractivity contribution in [1.29, 1.82) is 0 Å². The fourth-order valence-corrected chi connectivity index (χ4v) is 3.93. The van der Waals surface area contributed by atoms with Crippen molar-refractivity contribution in [3.63, 3.8) is 0 Å². The Morgan fingerprint density at radius 2 is 2.28 bits per heavy atom. The zero-order chi connectivity index (χ0) is 12.7. The summed E-state index contributed by atoms with van der Waals surface area (Å²) in [5.41, 5.74) is 0. The Morgan fingerprint density at radius 3 is 2.83 bits per heavy atom. The number of hydrogen-bond acceptors (Lipinski definition) is 4. The summed E-state index contributed by atoms with van der Waals surface area (Å²) in [5.74, 6) is 0.530. The summed E-state index contributed by atoms with van der Waals surface area (Å²) in [7, 11) is 0. The molecule has 0 aromatic carbocycles. The van der Waals surface area contributed by atoms with Gasteiger partial charge in [-0.15, -0.1) is 0 Å². The summed E-state index contributed by atoms with van der Waals surface area (Å²) >= 11 is 7.04. The molecule has 1 aromatic rings. The zero-order valence-electron chi connectivity index (χ0n) is 10.2. The minimum Gasteiger partial charge on any atom is -0.345 e. The van der Waals surface area contributed by atoms with Gasteiger partial charge >= 0.3 is 0 Å². The standard InChI is InChI=1S/C12H16ClN3OS/c1-7-10(8-2-4-16(7)5-3-8)15-11(17)12-14-6-9(13)18-12/h6-8,10H,2-5H2,1H3,(H,15,17). The first-order chi connectivity index (χ1) is 8.65. The SMILES string of the molecule is CC1C(NC(=O)c2ncc(Cl)s2)C2CCN1CC2. The fraction of sp³-hybridized carbons (Fsp3) is 0.667. The number of piperidine rings is 3. The van der Waals surface area contributed by atoms with Gasteiger partial charge in [0, 0.05) is 12.1 Å². The molecule has 6 heteroatoms. The van der Waals surface area contributed by atoms with Crippen LogP contribution in [0.5, 0.6) is 0 Å². The van der Waals surface area contributed by atoms with Gasteiger partial charge in [0.05, 0.1) is 6.20 Å². The van der Waals surface area contributed by atoms with Gasteiger partial charge in [-0.1, -0.05) is 22.9 Å². The highest BCUT2D eigenvalue weighted by atomic mass is 35.5. The van der Waals surface area contributed by atoms with Gasteiger partial charge in [0.2, 0.25) is 0 Å². The van der Waals surface area contributed by atoms with Crippen LogP contribution in [0.15, 0.2) is 6.20 Å². The molecule has 2 unspecified atom stereocenters. The van der Waals surface area contributed by atoms with Crippen LogP contribution in [0.3, 0.4) is 0 Å². The lowest BCUT2D eigenvalue weighted by Gasteiger charge is -2.49. The van der Waals surface area contributed by atoms with Gasteiger partial charge in [0.25, 0.3) is 5.91 Å². The largest absolute Gasteiger partial charge is 0.345 e. The third kappa shape index (κ3) is 2.15. The number of rotatable bonds is 2. The number of carbonyl (C=O) groups is 1. The van der Waals surface area contributed by atoms with Gasteiger partial charge in [0.1, 0.15) is 4.34 Å². The van der Waals surface area contributed by atoms with Crippen LogP contribution in [0.2, 0.25) is 4.34 Å². The molecule has 1 amide bonds. The number of hydrogen-bond donors (Lipinski definition) is 1. The number of fused-ring (bicyclic) bond motifs is 3. The molecule has 3 aliphatic heterocycles. The van der Waals surface area contributed by atoms with Crippen LogP contribution in [0.1, 0.15) is 29.6 Å². The average Bonchev–Trinajstić information content (AvgIpc) is 2.81. The summed E-state index contributed by atoms with van der Waals surface area (Å²) in [6.45, 7) is 4.54. The van der Waals surface area contributed by atoms with Crippen molar-refractivity contribution < 1.29 is 4.79 Å². The van der Waals surface area contributed by atoms with Crippen molar-refractivity contribution in [2.45, 2.75) is 31.8 Å². The molecule has 1 N–H and O–H groups in total. The van der Waals surface area contributed by atoms with E-state index in [1.54, 1.807) is 0 Å². The van der Waals surface area contributed by atoms with E-state index in [1.165, 1.54) is 43.5 Å². The number of carbonyl (C=O) groups excluding carboxylic acids is 1. The molecule has 2 bridgehead atoms. The molecule has 1 aromatic heterocycles. The van der Waals surface area contributed by atoms with Gasteiger partial charge in [-0.05, 0) is 38.8 Å². The van der Waals surface area contributed by atoms with Gasteiger partial charge < -0.3 is 5.32 Å². The van der Waals surface area contributed by atoms with Crippen LogP contribution < -0.4 is 5.32 Å². The Bertz CT molecular complexity index is 454. The number of nitrogens with zero attached hydrogens (tertiary/aromatic N) is 2. The maximum Gasteiger partial charge on any atom is 0.280 e. The molecular weight excluding hydrogens is 270 g/mol. The van der Waals surface area contributed by atoms with Crippen LogP contribution in [-0.2, 0) is 0 Å². The minimum absolute atomic E-state index is 0.0856. The Labute approximate surface area is 115 Å². The quantitative estimate of drug-likeness (QED) is 0.904. The van der Waals surface area contributed by atoms with E-state index >= 15 is 0 Å². The smallest absolute Gasteiger partial charge is 0.280 e. The highest BCUT2D eigenvalue weighted by molar-refractivity contribution is 7.17. The molecule has 0 saturated carbocycles. The highest BCUT2D eigenvalue weighted by Gasteiger charge is 2.40. The molecule has 3 fully saturated rings. The van der Waals surface area contributed by atoms with E-state index in [-0.39, 0.29) is 11.9 Å². The number of halogens is 1. The van der Waals surface area contributed by atoms with Crippen LogP contribution in [0, 0.1) is 5.92 Å². The Balaban J connectivity index is 1.71. The van der Waals surface area contributed by atoms with E-state index in [0.717, 1.165) is 0 Å². The molecule has 0 radical (unpaired) electrons. The molecule has 98 valence electrons. The highest BCUT2D eigenvalue weighted by Crippen LogP contribution is 2.32. The molecule has 2 atom stereocenters. The Morgan fingerprint density at radius 1 is 1.56 bits per heavy atom. The van der Waals surface area contributed by atoms with Crippen LogP contribution in [-0.4, -0.2) is 41.0 Å². The Kier molecular flexibility index (Phi) is 3.30. The van der Waals surface area contributed by atoms with Crippen molar-refractivity contribution in [1.82, 2.24) is 15.2 Å². The van der Waals surface area contributed by atoms with E-state index in [1.807, 2.05) is 0 Å². The van der Waals surface area contributed by atoms with E-state index < -0.39 is 0 Å². The normalized spacial score (nSPS) is 34.6. The first kappa shape index (κ1) is 12.4. The number of nitrogens with one attached hydrogen (secondary N) is 1. The molecule has 4 rings (SSSR count). The van der Waals surface area contributed by atoms with Crippen LogP contribution in [0.4, 0.5) is 0 Å². The maximum atomic E-state index is 12.1. The van der Waals surface area contributed by atoms with Crippen LogP contribution in [0.25, 0.3) is 0 Å². The van der Waals surface area contributed by atoms with Crippen molar-refractivity contribution in [2.24, 2.45) is 5.92 Å². The molecule has 3 aliphatic rings. The number of thiazole rings is 1. The molecule has 0 spiro atoms.